The molecule has 1 aliphatic heterocycles. The van der Waals surface area contributed by atoms with E-state index in [1.54, 1.807) is 19.2 Å². The third-order valence-electron chi connectivity index (χ3n) is 3.50. The number of aryl methyl sites for hydroxylation is 1. The average molecular weight is 283 g/mol. The number of carbonyl (C=O) groups is 1. The number of rotatable bonds is 3. The summed E-state index contributed by atoms with van der Waals surface area (Å²) in [6.45, 7) is 0.752. The Kier molecular flexibility index (Phi) is 3.77. The van der Waals surface area contributed by atoms with Crippen LogP contribution in [-0.2, 0) is 6.42 Å². The van der Waals surface area contributed by atoms with Crippen molar-refractivity contribution >= 4 is 11.6 Å². The highest BCUT2D eigenvalue weighted by Crippen LogP contribution is 2.26. The van der Waals surface area contributed by atoms with Gasteiger partial charge in [-0.05, 0) is 48.7 Å². The topological polar surface area (TPSA) is 47.6 Å². The van der Waals surface area contributed by atoms with Crippen molar-refractivity contribution in [1.29, 1.82) is 0 Å². The number of nitrogens with one attached hydrogen (secondary N) is 1. The first-order chi connectivity index (χ1) is 10.3. The second kappa shape index (κ2) is 5.87. The maximum atomic E-state index is 12.3. The molecule has 0 saturated carbocycles. The van der Waals surface area contributed by atoms with E-state index in [4.69, 9.17) is 9.47 Å². The zero-order valence-electron chi connectivity index (χ0n) is 11.9. The average Bonchev–Trinajstić information content (AvgIpc) is 2.54. The van der Waals surface area contributed by atoms with Crippen LogP contribution in [0.1, 0.15) is 22.3 Å². The fourth-order valence-electron chi connectivity index (χ4n) is 2.41. The van der Waals surface area contributed by atoms with Crippen LogP contribution >= 0.6 is 0 Å². The summed E-state index contributed by atoms with van der Waals surface area (Å²) >= 11 is 0. The molecule has 1 N–H and O–H groups in total. The molecule has 0 saturated heterocycles. The van der Waals surface area contributed by atoms with Gasteiger partial charge in [0, 0.05) is 17.3 Å². The molecule has 0 unspecified atom stereocenters. The van der Waals surface area contributed by atoms with Crippen molar-refractivity contribution in [3.05, 3.63) is 53.6 Å². The van der Waals surface area contributed by atoms with Crippen molar-refractivity contribution in [2.24, 2.45) is 0 Å². The zero-order chi connectivity index (χ0) is 14.7. The van der Waals surface area contributed by atoms with Gasteiger partial charge in [-0.2, -0.15) is 0 Å². The number of ether oxygens (including phenoxy) is 2. The second-order valence-corrected chi connectivity index (χ2v) is 4.96. The summed E-state index contributed by atoms with van der Waals surface area (Å²) in [4.78, 5) is 12.3. The van der Waals surface area contributed by atoms with Crippen molar-refractivity contribution in [2.75, 3.05) is 19.0 Å². The minimum atomic E-state index is -0.128. The Labute approximate surface area is 123 Å². The highest BCUT2D eigenvalue weighted by atomic mass is 16.5. The van der Waals surface area contributed by atoms with Crippen LogP contribution in [0.4, 0.5) is 5.69 Å². The molecule has 0 aromatic heterocycles. The monoisotopic (exact) mass is 283 g/mol. The summed E-state index contributed by atoms with van der Waals surface area (Å²) in [5, 5.41) is 2.88. The van der Waals surface area contributed by atoms with Crippen LogP contribution in [0.3, 0.4) is 0 Å². The van der Waals surface area contributed by atoms with Crippen LogP contribution in [0.5, 0.6) is 11.5 Å². The third-order valence-corrected chi connectivity index (χ3v) is 3.50. The molecule has 0 aliphatic carbocycles. The predicted molar refractivity (Wildman–Crippen MR) is 81.2 cm³/mol. The van der Waals surface area contributed by atoms with Crippen LogP contribution in [0.25, 0.3) is 0 Å². The van der Waals surface area contributed by atoms with E-state index in [0.717, 1.165) is 30.8 Å². The van der Waals surface area contributed by atoms with Gasteiger partial charge in [0.2, 0.25) is 0 Å². The Bertz CT molecular complexity index is 667. The molecule has 4 heteroatoms. The summed E-state index contributed by atoms with van der Waals surface area (Å²) in [6.07, 6.45) is 1.95. The first kappa shape index (κ1) is 13.5. The van der Waals surface area contributed by atoms with Crippen molar-refractivity contribution in [3.63, 3.8) is 0 Å². The van der Waals surface area contributed by atoms with E-state index in [1.807, 2.05) is 30.3 Å². The molecule has 0 fully saturated rings. The Morgan fingerprint density at radius 2 is 2.14 bits per heavy atom. The van der Waals surface area contributed by atoms with Crippen LogP contribution in [0.15, 0.2) is 42.5 Å². The van der Waals surface area contributed by atoms with Crippen LogP contribution in [0.2, 0.25) is 0 Å². The number of methoxy groups -OCH3 is 1. The van der Waals surface area contributed by atoms with E-state index in [9.17, 15) is 4.79 Å². The van der Waals surface area contributed by atoms with Gasteiger partial charge in [0.05, 0.1) is 13.7 Å². The number of amides is 1. The van der Waals surface area contributed by atoms with Gasteiger partial charge in [-0.3, -0.25) is 4.79 Å². The van der Waals surface area contributed by atoms with Crippen molar-refractivity contribution in [3.8, 4) is 11.5 Å². The van der Waals surface area contributed by atoms with E-state index in [0.29, 0.717) is 17.0 Å². The predicted octanol–water partition coefficient (Wildman–Crippen LogP) is 3.27. The number of hydrogen-bond donors (Lipinski definition) is 1. The smallest absolute Gasteiger partial charge is 0.255 e. The number of anilines is 1. The van der Waals surface area contributed by atoms with Crippen molar-refractivity contribution < 1.29 is 14.3 Å². The van der Waals surface area contributed by atoms with Gasteiger partial charge in [-0.1, -0.05) is 6.07 Å². The molecular weight excluding hydrogens is 266 g/mol. The first-order valence-corrected chi connectivity index (χ1v) is 6.97. The summed E-state index contributed by atoms with van der Waals surface area (Å²) in [6, 6.07) is 12.9. The molecule has 2 aromatic carbocycles. The summed E-state index contributed by atoms with van der Waals surface area (Å²) < 4.78 is 10.7. The lowest BCUT2D eigenvalue weighted by Crippen LogP contribution is -2.14. The fourth-order valence-corrected chi connectivity index (χ4v) is 2.41. The molecule has 3 rings (SSSR count). The molecule has 4 nitrogen and oxygen atoms in total. The minimum absolute atomic E-state index is 0.128. The Balaban J connectivity index is 1.78. The van der Waals surface area contributed by atoms with Crippen molar-refractivity contribution in [1.82, 2.24) is 0 Å². The molecule has 1 amide bonds. The largest absolute Gasteiger partial charge is 0.497 e. The van der Waals surface area contributed by atoms with E-state index in [1.165, 1.54) is 0 Å². The quantitative estimate of drug-likeness (QED) is 0.940. The van der Waals surface area contributed by atoms with Gasteiger partial charge < -0.3 is 14.8 Å². The maximum Gasteiger partial charge on any atom is 0.255 e. The van der Waals surface area contributed by atoms with Gasteiger partial charge in [0.25, 0.3) is 5.91 Å². The molecular formula is C17H17NO3. The van der Waals surface area contributed by atoms with E-state index >= 15 is 0 Å². The Hall–Kier alpha value is -2.49. The molecule has 2 aromatic rings. The minimum Gasteiger partial charge on any atom is -0.497 e. The van der Waals surface area contributed by atoms with Crippen LogP contribution in [0, 0.1) is 0 Å². The maximum absolute atomic E-state index is 12.3. The van der Waals surface area contributed by atoms with E-state index < -0.39 is 0 Å². The van der Waals surface area contributed by atoms with Gasteiger partial charge >= 0.3 is 0 Å². The van der Waals surface area contributed by atoms with Gasteiger partial charge in [-0.25, -0.2) is 0 Å². The van der Waals surface area contributed by atoms with E-state index in [2.05, 4.69) is 5.32 Å². The highest BCUT2D eigenvalue weighted by Gasteiger charge is 2.14. The standard InChI is InChI=1S/C17H17NO3/c1-20-15-6-2-5-14(11-15)18-17(19)13-7-8-16-12(10-13)4-3-9-21-16/h2,5-8,10-11H,3-4,9H2,1H3,(H,18,19). The summed E-state index contributed by atoms with van der Waals surface area (Å²) in [5.74, 6) is 1.47. The molecule has 0 bridgehead atoms. The number of carbonyl (C=O) groups excluding carboxylic acids is 1. The summed E-state index contributed by atoms with van der Waals surface area (Å²) in [5.41, 5.74) is 2.45. The van der Waals surface area contributed by atoms with Gasteiger partial charge in [-0.15, -0.1) is 0 Å². The highest BCUT2D eigenvalue weighted by molar-refractivity contribution is 6.04. The van der Waals surface area contributed by atoms with Crippen LogP contribution in [-0.4, -0.2) is 19.6 Å². The Morgan fingerprint density at radius 3 is 3.00 bits per heavy atom. The molecule has 21 heavy (non-hydrogen) atoms. The summed E-state index contributed by atoms with van der Waals surface area (Å²) in [7, 11) is 1.60. The molecule has 0 radical (unpaired) electrons. The number of hydrogen-bond acceptors (Lipinski definition) is 3. The van der Waals surface area contributed by atoms with Crippen LogP contribution < -0.4 is 14.8 Å². The number of fused-ring (bicyclic) bond motifs is 1. The molecule has 0 spiro atoms. The van der Waals surface area contributed by atoms with E-state index in [-0.39, 0.29) is 5.91 Å². The van der Waals surface area contributed by atoms with Gasteiger partial charge in [0.15, 0.2) is 0 Å². The Morgan fingerprint density at radius 1 is 1.24 bits per heavy atom. The third kappa shape index (κ3) is 2.99. The SMILES string of the molecule is COc1cccc(NC(=O)c2ccc3c(c2)CCCO3)c1. The van der Waals surface area contributed by atoms with Crippen molar-refractivity contribution in [2.45, 2.75) is 12.8 Å². The second-order valence-electron chi connectivity index (χ2n) is 4.96. The molecule has 1 heterocycles. The zero-order valence-corrected chi connectivity index (χ0v) is 11.9. The molecule has 108 valence electrons. The molecule has 0 atom stereocenters. The lowest BCUT2D eigenvalue weighted by atomic mass is 10.0. The normalized spacial score (nSPS) is 13.0. The lowest BCUT2D eigenvalue weighted by molar-refractivity contribution is 0.102. The molecule has 1 aliphatic rings. The first-order valence-electron chi connectivity index (χ1n) is 6.97. The fraction of sp³-hybridized carbons (Fsp3) is 0.235. The lowest BCUT2D eigenvalue weighted by Gasteiger charge is -2.17. The number of benzene rings is 2. The van der Waals surface area contributed by atoms with Gasteiger partial charge in [0.1, 0.15) is 11.5 Å².